The Kier molecular flexibility index (Phi) is 3.71. The lowest BCUT2D eigenvalue weighted by Crippen LogP contribution is -2.52. The fourth-order valence-electron chi connectivity index (χ4n) is 2.67. The maximum atomic E-state index is 12.4. The van der Waals surface area contributed by atoms with Crippen LogP contribution in [0.5, 0.6) is 5.75 Å². The van der Waals surface area contributed by atoms with Crippen LogP contribution in [-0.2, 0) is 0 Å². The molecule has 4 rings (SSSR count). The smallest absolute Gasteiger partial charge is 0.282 e. The highest BCUT2D eigenvalue weighted by Gasteiger charge is 2.33. The number of ether oxygens (including phenoxy) is 1. The summed E-state index contributed by atoms with van der Waals surface area (Å²) in [4.78, 5) is 18.7. The summed E-state index contributed by atoms with van der Waals surface area (Å²) < 4.78 is 6.80. The largest absolute Gasteiger partial charge is 0.493 e. The summed E-state index contributed by atoms with van der Waals surface area (Å²) in [6.45, 7) is 2.12. The summed E-state index contributed by atoms with van der Waals surface area (Å²) in [7, 11) is 0. The van der Waals surface area contributed by atoms with Crippen LogP contribution in [-0.4, -0.2) is 35.5 Å². The molecule has 23 heavy (non-hydrogen) atoms. The topological polar surface area (TPSA) is 42.4 Å². The van der Waals surface area contributed by atoms with Crippen molar-refractivity contribution in [1.82, 2.24) is 9.88 Å². The number of amides is 1. The van der Waals surface area contributed by atoms with Gasteiger partial charge in [-0.3, -0.25) is 4.79 Å². The summed E-state index contributed by atoms with van der Waals surface area (Å²) in [5, 5.41) is 0.577. The second-order valence-electron chi connectivity index (χ2n) is 5.69. The van der Waals surface area contributed by atoms with E-state index in [9.17, 15) is 4.79 Å². The molecule has 1 aromatic heterocycles. The fourth-order valence-corrected chi connectivity index (χ4v) is 3.60. The molecule has 1 aliphatic heterocycles. The van der Waals surface area contributed by atoms with Crippen molar-refractivity contribution in [3.05, 3.63) is 59.6 Å². The van der Waals surface area contributed by atoms with Crippen LogP contribution < -0.4 is 4.74 Å². The van der Waals surface area contributed by atoms with E-state index in [1.54, 1.807) is 0 Å². The average Bonchev–Trinajstić information content (AvgIpc) is 2.98. The minimum Gasteiger partial charge on any atom is -0.493 e. The third-order valence-electron chi connectivity index (χ3n) is 3.95. The van der Waals surface area contributed by atoms with E-state index in [-0.39, 0.29) is 5.91 Å². The summed E-state index contributed by atoms with van der Waals surface area (Å²) >= 11 is 1.46. The molecule has 0 aliphatic carbocycles. The minimum absolute atomic E-state index is 0.0298. The van der Waals surface area contributed by atoms with E-state index in [4.69, 9.17) is 4.74 Å². The number of carbonyl (C=O) groups is 1. The third-order valence-corrected chi connectivity index (χ3v) is 4.97. The molecule has 0 bridgehead atoms. The molecule has 0 unspecified atom stereocenters. The van der Waals surface area contributed by atoms with Crippen LogP contribution in [0.25, 0.3) is 10.2 Å². The Bertz CT molecular complexity index is 792. The highest BCUT2D eigenvalue weighted by molar-refractivity contribution is 7.20. The maximum Gasteiger partial charge on any atom is 0.282 e. The van der Waals surface area contributed by atoms with Gasteiger partial charge in [-0.25, -0.2) is 4.98 Å². The number of rotatable bonds is 4. The van der Waals surface area contributed by atoms with Gasteiger partial charge in [-0.1, -0.05) is 30.3 Å². The maximum absolute atomic E-state index is 12.4. The summed E-state index contributed by atoms with van der Waals surface area (Å²) in [6.07, 6.45) is 0. The van der Waals surface area contributed by atoms with Gasteiger partial charge in [-0.15, -0.1) is 11.3 Å². The first-order valence-corrected chi connectivity index (χ1v) is 8.44. The van der Waals surface area contributed by atoms with Crippen LogP contribution in [0.2, 0.25) is 0 Å². The highest BCUT2D eigenvalue weighted by Crippen LogP contribution is 2.26. The lowest BCUT2D eigenvalue weighted by atomic mass is 10.0. The molecule has 2 heterocycles. The van der Waals surface area contributed by atoms with Gasteiger partial charge in [-0.05, 0) is 24.3 Å². The Morgan fingerprint density at radius 1 is 1.13 bits per heavy atom. The Hall–Kier alpha value is -2.40. The predicted molar refractivity (Wildman–Crippen MR) is 91.0 cm³/mol. The number of para-hydroxylation sites is 2. The molecule has 0 N–H and O–H groups in total. The van der Waals surface area contributed by atoms with Gasteiger partial charge in [0.25, 0.3) is 5.91 Å². The van der Waals surface area contributed by atoms with Crippen LogP contribution in [0.3, 0.4) is 0 Å². The Labute approximate surface area is 138 Å². The van der Waals surface area contributed by atoms with Crippen LogP contribution in [0.4, 0.5) is 0 Å². The van der Waals surface area contributed by atoms with E-state index < -0.39 is 0 Å². The highest BCUT2D eigenvalue weighted by atomic mass is 32.1. The van der Waals surface area contributed by atoms with E-state index in [0.29, 0.717) is 17.5 Å². The first-order chi connectivity index (χ1) is 11.3. The third kappa shape index (κ3) is 2.92. The van der Waals surface area contributed by atoms with Crippen molar-refractivity contribution in [1.29, 1.82) is 0 Å². The normalized spacial score (nSPS) is 14.7. The second kappa shape index (κ2) is 6.01. The number of hydrogen-bond acceptors (Lipinski definition) is 4. The number of likely N-dealkylation sites (tertiary alicyclic amines) is 1. The Morgan fingerprint density at radius 2 is 1.87 bits per heavy atom. The van der Waals surface area contributed by atoms with Crippen molar-refractivity contribution in [3.8, 4) is 5.75 Å². The number of nitrogens with zero attached hydrogens (tertiary/aromatic N) is 2. The molecular formula is C18H16N2O2S. The number of hydrogen-bond donors (Lipinski definition) is 0. The molecule has 1 aliphatic rings. The van der Waals surface area contributed by atoms with Crippen molar-refractivity contribution < 1.29 is 9.53 Å². The zero-order valence-corrected chi connectivity index (χ0v) is 13.3. The van der Waals surface area contributed by atoms with Crippen LogP contribution in [0.1, 0.15) is 9.80 Å². The number of aromatic nitrogens is 1. The van der Waals surface area contributed by atoms with Crippen LogP contribution >= 0.6 is 11.3 Å². The minimum atomic E-state index is 0.0298. The summed E-state index contributed by atoms with van der Waals surface area (Å²) in [5.41, 5.74) is 0.894. The molecule has 0 radical (unpaired) electrons. The quantitative estimate of drug-likeness (QED) is 0.738. The van der Waals surface area contributed by atoms with E-state index in [1.165, 1.54) is 11.3 Å². The van der Waals surface area contributed by atoms with Gasteiger partial charge >= 0.3 is 0 Å². The van der Waals surface area contributed by atoms with Gasteiger partial charge in [0.15, 0.2) is 5.01 Å². The van der Waals surface area contributed by atoms with Crippen molar-refractivity contribution in [2.45, 2.75) is 0 Å². The molecule has 3 aromatic rings. The van der Waals surface area contributed by atoms with Crippen LogP contribution in [0, 0.1) is 5.92 Å². The van der Waals surface area contributed by atoms with Crippen molar-refractivity contribution in [3.63, 3.8) is 0 Å². The lowest BCUT2D eigenvalue weighted by molar-refractivity contribution is 0.0393. The average molecular weight is 324 g/mol. The van der Waals surface area contributed by atoms with E-state index in [0.717, 1.165) is 29.1 Å². The molecule has 0 atom stereocenters. The molecule has 4 nitrogen and oxygen atoms in total. The van der Waals surface area contributed by atoms with Crippen molar-refractivity contribution in [2.75, 3.05) is 19.7 Å². The van der Waals surface area contributed by atoms with Gasteiger partial charge in [0.2, 0.25) is 0 Å². The summed E-state index contributed by atoms with van der Waals surface area (Å²) in [6, 6.07) is 17.6. The van der Waals surface area contributed by atoms with Crippen molar-refractivity contribution >= 4 is 27.5 Å². The second-order valence-corrected chi connectivity index (χ2v) is 6.72. The zero-order valence-electron chi connectivity index (χ0n) is 12.5. The van der Waals surface area contributed by atoms with Gasteiger partial charge in [0.05, 0.1) is 16.8 Å². The van der Waals surface area contributed by atoms with Gasteiger partial charge in [0, 0.05) is 19.0 Å². The lowest BCUT2D eigenvalue weighted by Gasteiger charge is -2.38. The van der Waals surface area contributed by atoms with Gasteiger partial charge in [0.1, 0.15) is 5.75 Å². The molecule has 2 aromatic carbocycles. The predicted octanol–water partition coefficient (Wildman–Crippen LogP) is 3.45. The SMILES string of the molecule is O=C(c1nc2ccccc2s1)N1CC(COc2ccccc2)C1. The van der Waals surface area contributed by atoms with Gasteiger partial charge < -0.3 is 9.64 Å². The molecule has 1 saturated heterocycles. The van der Waals surface area contributed by atoms with E-state index >= 15 is 0 Å². The first kappa shape index (κ1) is 14.2. The van der Waals surface area contributed by atoms with Gasteiger partial charge in [-0.2, -0.15) is 0 Å². The molecule has 0 saturated carbocycles. The van der Waals surface area contributed by atoms with E-state index in [2.05, 4.69) is 4.98 Å². The molecule has 1 amide bonds. The Morgan fingerprint density at radius 3 is 2.65 bits per heavy atom. The molecule has 1 fully saturated rings. The molecule has 0 spiro atoms. The number of fused-ring (bicyclic) bond motifs is 1. The number of carbonyl (C=O) groups excluding carboxylic acids is 1. The number of benzene rings is 2. The standard InChI is InChI=1S/C18H16N2O2S/c21-18(17-19-15-8-4-5-9-16(15)23-17)20-10-13(11-20)12-22-14-6-2-1-3-7-14/h1-9,13H,10-12H2. The fraction of sp³-hybridized carbons (Fsp3) is 0.222. The number of thiazole rings is 1. The molecule has 116 valence electrons. The molecule has 5 heteroatoms. The van der Waals surface area contributed by atoms with E-state index in [1.807, 2.05) is 59.5 Å². The first-order valence-electron chi connectivity index (χ1n) is 7.62. The van der Waals surface area contributed by atoms with Crippen LogP contribution in [0.15, 0.2) is 54.6 Å². The zero-order chi connectivity index (χ0) is 15.6. The summed E-state index contributed by atoms with van der Waals surface area (Å²) in [5.74, 6) is 1.30. The van der Waals surface area contributed by atoms with Crippen molar-refractivity contribution in [2.24, 2.45) is 5.92 Å². The molecular weight excluding hydrogens is 308 g/mol. The monoisotopic (exact) mass is 324 g/mol. The Balaban J connectivity index is 1.33.